The number of nitrogens with zero attached hydrogens (tertiary/aromatic N) is 1. The second-order valence-electron chi connectivity index (χ2n) is 4.75. The standard InChI is InChI=1S/C17H21N3/c1-13-6-4-8-15(10-13)16-9-5-7-14(11-16)12-20-17(18-2)19-3/h4-11H,12H2,1-3H3,(H2,18,19,20). The van der Waals surface area contributed by atoms with E-state index in [2.05, 4.69) is 71.1 Å². The van der Waals surface area contributed by atoms with Gasteiger partial charge < -0.3 is 10.6 Å². The lowest BCUT2D eigenvalue weighted by Crippen LogP contribution is -2.34. The van der Waals surface area contributed by atoms with Crippen LogP contribution in [-0.2, 0) is 6.54 Å². The average Bonchev–Trinajstić information content (AvgIpc) is 2.49. The van der Waals surface area contributed by atoms with Gasteiger partial charge in [0, 0.05) is 20.6 Å². The summed E-state index contributed by atoms with van der Waals surface area (Å²) in [4.78, 5) is 4.11. The number of benzene rings is 2. The quantitative estimate of drug-likeness (QED) is 0.662. The van der Waals surface area contributed by atoms with Crippen molar-refractivity contribution in [2.75, 3.05) is 14.1 Å². The Morgan fingerprint density at radius 3 is 2.40 bits per heavy atom. The summed E-state index contributed by atoms with van der Waals surface area (Å²) in [7, 11) is 3.63. The second kappa shape index (κ2) is 6.75. The van der Waals surface area contributed by atoms with Crippen LogP contribution in [0.1, 0.15) is 11.1 Å². The number of nitrogens with one attached hydrogen (secondary N) is 2. The highest BCUT2D eigenvalue weighted by Crippen LogP contribution is 2.21. The van der Waals surface area contributed by atoms with Gasteiger partial charge in [0.1, 0.15) is 0 Å². The summed E-state index contributed by atoms with van der Waals surface area (Å²) in [5.74, 6) is 0.797. The number of aliphatic imine (C=N–C) groups is 1. The molecule has 3 nitrogen and oxygen atoms in total. The highest BCUT2D eigenvalue weighted by atomic mass is 15.1. The fourth-order valence-corrected chi connectivity index (χ4v) is 2.15. The van der Waals surface area contributed by atoms with Crippen LogP contribution in [0.2, 0.25) is 0 Å². The molecule has 0 aliphatic heterocycles. The molecule has 0 aliphatic rings. The van der Waals surface area contributed by atoms with E-state index in [0.29, 0.717) is 0 Å². The zero-order valence-electron chi connectivity index (χ0n) is 12.3. The van der Waals surface area contributed by atoms with Gasteiger partial charge in [0.25, 0.3) is 0 Å². The fraction of sp³-hybridized carbons (Fsp3) is 0.235. The van der Waals surface area contributed by atoms with Gasteiger partial charge in [-0.25, -0.2) is 0 Å². The molecule has 0 radical (unpaired) electrons. The third-order valence-electron chi connectivity index (χ3n) is 3.20. The van der Waals surface area contributed by atoms with Crippen LogP contribution in [0.15, 0.2) is 53.5 Å². The third-order valence-corrected chi connectivity index (χ3v) is 3.20. The van der Waals surface area contributed by atoms with Gasteiger partial charge in [-0.1, -0.05) is 48.0 Å². The SMILES string of the molecule is CN=C(NC)NCc1cccc(-c2cccc(C)c2)c1. The molecule has 2 aromatic rings. The molecule has 2 rings (SSSR count). The first-order chi connectivity index (χ1) is 9.72. The Labute approximate surface area is 120 Å². The molecule has 2 N–H and O–H groups in total. The van der Waals surface area contributed by atoms with Crippen molar-refractivity contribution >= 4 is 5.96 Å². The zero-order valence-corrected chi connectivity index (χ0v) is 12.3. The van der Waals surface area contributed by atoms with E-state index in [4.69, 9.17) is 0 Å². The van der Waals surface area contributed by atoms with Crippen LogP contribution in [0.3, 0.4) is 0 Å². The van der Waals surface area contributed by atoms with E-state index in [1.807, 2.05) is 7.05 Å². The topological polar surface area (TPSA) is 36.4 Å². The van der Waals surface area contributed by atoms with E-state index in [-0.39, 0.29) is 0 Å². The third kappa shape index (κ3) is 3.60. The maximum absolute atomic E-state index is 4.11. The monoisotopic (exact) mass is 267 g/mol. The van der Waals surface area contributed by atoms with E-state index >= 15 is 0 Å². The number of hydrogen-bond donors (Lipinski definition) is 2. The maximum Gasteiger partial charge on any atom is 0.190 e. The Morgan fingerprint density at radius 2 is 1.75 bits per heavy atom. The van der Waals surface area contributed by atoms with Crippen LogP contribution in [0.4, 0.5) is 0 Å². The Kier molecular flexibility index (Phi) is 4.77. The Hall–Kier alpha value is -2.29. The molecule has 0 fully saturated rings. The first kappa shape index (κ1) is 14.1. The summed E-state index contributed by atoms with van der Waals surface area (Å²) in [6, 6.07) is 17.1. The molecule has 0 saturated heterocycles. The summed E-state index contributed by atoms with van der Waals surface area (Å²) in [6.07, 6.45) is 0. The minimum absolute atomic E-state index is 0.757. The Bertz CT molecular complexity index is 603. The molecule has 0 atom stereocenters. The highest BCUT2D eigenvalue weighted by molar-refractivity contribution is 5.79. The van der Waals surface area contributed by atoms with Gasteiger partial charge in [-0.05, 0) is 29.7 Å². The molecule has 0 saturated carbocycles. The largest absolute Gasteiger partial charge is 0.359 e. The lowest BCUT2D eigenvalue weighted by Gasteiger charge is -2.10. The first-order valence-corrected chi connectivity index (χ1v) is 6.77. The minimum Gasteiger partial charge on any atom is -0.359 e. The van der Waals surface area contributed by atoms with Crippen LogP contribution < -0.4 is 10.6 Å². The van der Waals surface area contributed by atoms with Crippen LogP contribution in [0.5, 0.6) is 0 Å². The summed E-state index contributed by atoms with van der Waals surface area (Å²) < 4.78 is 0. The molecule has 3 heteroatoms. The number of aryl methyl sites for hydroxylation is 1. The lowest BCUT2D eigenvalue weighted by molar-refractivity contribution is 0.866. The summed E-state index contributed by atoms with van der Waals surface area (Å²) in [5.41, 5.74) is 5.01. The summed E-state index contributed by atoms with van der Waals surface area (Å²) in [5, 5.41) is 6.28. The molecule has 0 aliphatic carbocycles. The van der Waals surface area contributed by atoms with E-state index in [9.17, 15) is 0 Å². The molecule has 0 spiro atoms. The Morgan fingerprint density at radius 1 is 1.05 bits per heavy atom. The predicted octanol–water partition coefficient (Wildman–Crippen LogP) is 2.96. The van der Waals surface area contributed by atoms with Crippen LogP contribution in [-0.4, -0.2) is 20.1 Å². The molecule has 0 heterocycles. The molecular formula is C17H21N3. The van der Waals surface area contributed by atoms with Gasteiger partial charge in [-0.3, -0.25) is 4.99 Å². The van der Waals surface area contributed by atoms with Gasteiger partial charge in [0.05, 0.1) is 0 Å². The van der Waals surface area contributed by atoms with Gasteiger partial charge in [0.2, 0.25) is 0 Å². The zero-order chi connectivity index (χ0) is 14.4. The first-order valence-electron chi connectivity index (χ1n) is 6.77. The summed E-state index contributed by atoms with van der Waals surface area (Å²) in [6.45, 7) is 2.87. The fourth-order valence-electron chi connectivity index (χ4n) is 2.15. The highest BCUT2D eigenvalue weighted by Gasteiger charge is 2.00. The van der Waals surface area contributed by atoms with Crippen molar-refractivity contribution in [1.29, 1.82) is 0 Å². The molecule has 0 bridgehead atoms. The van der Waals surface area contributed by atoms with Gasteiger partial charge in [-0.2, -0.15) is 0 Å². The molecule has 0 amide bonds. The molecule has 104 valence electrons. The predicted molar refractivity (Wildman–Crippen MR) is 85.9 cm³/mol. The Balaban J connectivity index is 2.16. The number of rotatable bonds is 3. The van der Waals surface area contributed by atoms with E-state index in [1.54, 1.807) is 7.05 Å². The second-order valence-corrected chi connectivity index (χ2v) is 4.75. The average molecular weight is 267 g/mol. The van der Waals surface area contributed by atoms with E-state index in [0.717, 1.165) is 12.5 Å². The van der Waals surface area contributed by atoms with E-state index < -0.39 is 0 Å². The maximum atomic E-state index is 4.11. The van der Waals surface area contributed by atoms with Crippen molar-refractivity contribution in [1.82, 2.24) is 10.6 Å². The van der Waals surface area contributed by atoms with Crippen molar-refractivity contribution in [3.63, 3.8) is 0 Å². The summed E-state index contributed by atoms with van der Waals surface area (Å²) >= 11 is 0. The normalized spacial score (nSPS) is 11.2. The molecule has 0 aromatic heterocycles. The van der Waals surface area contributed by atoms with Gasteiger partial charge in [0.15, 0.2) is 5.96 Å². The van der Waals surface area contributed by atoms with Crippen molar-refractivity contribution < 1.29 is 0 Å². The van der Waals surface area contributed by atoms with Crippen LogP contribution >= 0.6 is 0 Å². The van der Waals surface area contributed by atoms with Crippen molar-refractivity contribution in [2.24, 2.45) is 4.99 Å². The lowest BCUT2D eigenvalue weighted by atomic mass is 10.0. The van der Waals surface area contributed by atoms with Gasteiger partial charge in [-0.15, -0.1) is 0 Å². The van der Waals surface area contributed by atoms with Crippen molar-refractivity contribution in [3.05, 3.63) is 59.7 Å². The molecule has 0 unspecified atom stereocenters. The number of hydrogen-bond acceptors (Lipinski definition) is 1. The minimum atomic E-state index is 0.757. The van der Waals surface area contributed by atoms with Crippen LogP contribution in [0, 0.1) is 6.92 Å². The van der Waals surface area contributed by atoms with Crippen molar-refractivity contribution in [3.8, 4) is 11.1 Å². The van der Waals surface area contributed by atoms with E-state index in [1.165, 1.54) is 22.3 Å². The smallest absolute Gasteiger partial charge is 0.190 e. The molecule has 20 heavy (non-hydrogen) atoms. The molecule has 2 aromatic carbocycles. The van der Waals surface area contributed by atoms with Crippen molar-refractivity contribution in [2.45, 2.75) is 13.5 Å². The number of guanidine groups is 1. The van der Waals surface area contributed by atoms with Crippen LogP contribution in [0.25, 0.3) is 11.1 Å². The molecular weight excluding hydrogens is 246 g/mol. The van der Waals surface area contributed by atoms with Gasteiger partial charge >= 0.3 is 0 Å².